The molecule has 98 valence electrons. The zero-order valence-electron chi connectivity index (χ0n) is 11.3. The van der Waals surface area contributed by atoms with Gasteiger partial charge in [-0.05, 0) is 19.9 Å². The molecule has 1 fully saturated rings. The molecule has 4 nitrogen and oxygen atoms in total. The minimum atomic E-state index is 0.189. The Labute approximate surface area is 109 Å². The Bertz CT molecular complexity index is 418. The molecule has 0 N–H and O–H groups in total. The highest BCUT2D eigenvalue weighted by atomic mass is 15.2. The van der Waals surface area contributed by atoms with Crippen molar-refractivity contribution < 1.29 is 0 Å². The Kier molecular flexibility index (Phi) is 4.38. The summed E-state index contributed by atoms with van der Waals surface area (Å²) in [6.45, 7) is 0.886. The first-order valence-corrected chi connectivity index (χ1v) is 6.78. The maximum absolute atomic E-state index is 9.31. The van der Waals surface area contributed by atoms with Crippen molar-refractivity contribution in [2.75, 3.05) is 7.05 Å². The SMILES string of the molecule is CN(Cc1cnn(C)c1)C1CCCCCC1C#N. The molecule has 0 amide bonds. The lowest BCUT2D eigenvalue weighted by Gasteiger charge is -2.29. The van der Waals surface area contributed by atoms with E-state index in [0.29, 0.717) is 6.04 Å². The highest BCUT2D eigenvalue weighted by Crippen LogP contribution is 2.27. The van der Waals surface area contributed by atoms with Crippen molar-refractivity contribution in [1.82, 2.24) is 14.7 Å². The molecule has 0 spiro atoms. The van der Waals surface area contributed by atoms with Gasteiger partial charge >= 0.3 is 0 Å². The second kappa shape index (κ2) is 6.01. The molecule has 1 saturated carbocycles. The average molecular weight is 246 g/mol. The molecule has 1 aliphatic rings. The Morgan fingerprint density at radius 1 is 1.44 bits per heavy atom. The van der Waals surface area contributed by atoms with E-state index in [2.05, 4.69) is 29.3 Å². The minimum Gasteiger partial charge on any atom is -0.298 e. The first-order valence-electron chi connectivity index (χ1n) is 6.78. The first kappa shape index (κ1) is 13.1. The quantitative estimate of drug-likeness (QED) is 0.769. The number of aromatic nitrogens is 2. The zero-order chi connectivity index (χ0) is 13.0. The van der Waals surface area contributed by atoms with Gasteiger partial charge in [0.2, 0.25) is 0 Å². The molecule has 0 saturated heterocycles. The maximum atomic E-state index is 9.31. The molecule has 0 aromatic carbocycles. The molecule has 2 unspecified atom stereocenters. The summed E-state index contributed by atoms with van der Waals surface area (Å²) in [4.78, 5) is 2.33. The average Bonchev–Trinajstić information content (AvgIpc) is 2.65. The smallest absolute Gasteiger partial charge is 0.0672 e. The summed E-state index contributed by atoms with van der Waals surface area (Å²) in [5.41, 5.74) is 1.22. The predicted octanol–water partition coefficient (Wildman–Crippen LogP) is 2.32. The number of aryl methyl sites for hydroxylation is 1. The van der Waals surface area contributed by atoms with E-state index in [4.69, 9.17) is 0 Å². The van der Waals surface area contributed by atoms with Crippen LogP contribution >= 0.6 is 0 Å². The van der Waals surface area contributed by atoms with Crippen LogP contribution in [0.15, 0.2) is 12.4 Å². The van der Waals surface area contributed by atoms with Crippen LogP contribution in [0.1, 0.15) is 37.7 Å². The number of rotatable bonds is 3. The van der Waals surface area contributed by atoms with Gasteiger partial charge in [0, 0.05) is 31.4 Å². The van der Waals surface area contributed by atoms with Crippen LogP contribution in [0.25, 0.3) is 0 Å². The van der Waals surface area contributed by atoms with Crippen LogP contribution in [0.3, 0.4) is 0 Å². The van der Waals surface area contributed by atoms with Crippen LogP contribution in [0.5, 0.6) is 0 Å². The van der Waals surface area contributed by atoms with Crippen LogP contribution in [-0.2, 0) is 13.6 Å². The van der Waals surface area contributed by atoms with Crippen molar-refractivity contribution in [3.05, 3.63) is 18.0 Å². The summed E-state index contributed by atoms with van der Waals surface area (Å²) < 4.78 is 1.83. The fraction of sp³-hybridized carbons (Fsp3) is 0.714. The monoisotopic (exact) mass is 246 g/mol. The third-order valence-corrected chi connectivity index (χ3v) is 3.90. The Balaban J connectivity index is 2.01. The van der Waals surface area contributed by atoms with Crippen LogP contribution < -0.4 is 0 Å². The molecule has 0 bridgehead atoms. The van der Waals surface area contributed by atoms with Gasteiger partial charge < -0.3 is 0 Å². The molecule has 2 atom stereocenters. The second-order valence-corrected chi connectivity index (χ2v) is 5.38. The molecular weight excluding hydrogens is 224 g/mol. The van der Waals surface area contributed by atoms with E-state index >= 15 is 0 Å². The Morgan fingerprint density at radius 2 is 2.22 bits per heavy atom. The Morgan fingerprint density at radius 3 is 2.89 bits per heavy atom. The number of nitriles is 1. The van der Waals surface area contributed by atoms with Gasteiger partial charge in [0.15, 0.2) is 0 Å². The van der Waals surface area contributed by atoms with Crippen molar-refractivity contribution in [2.24, 2.45) is 13.0 Å². The van der Waals surface area contributed by atoms with Gasteiger partial charge in [-0.15, -0.1) is 0 Å². The third kappa shape index (κ3) is 3.11. The molecule has 1 aliphatic carbocycles. The van der Waals surface area contributed by atoms with E-state index in [1.807, 2.05) is 17.9 Å². The highest BCUT2D eigenvalue weighted by Gasteiger charge is 2.26. The third-order valence-electron chi connectivity index (χ3n) is 3.90. The molecule has 0 aliphatic heterocycles. The van der Waals surface area contributed by atoms with Gasteiger partial charge in [-0.1, -0.05) is 19.3 Å². The molecule has 4 heteroatoms. The van der Waals surface area contributed by atoms with Gasteiger partial charge in [-0.2, -0.15) is 10.4 Å². The van der Waals surface area contributed by atoms with Crippen molar-refractivity contribution in [1.29, 1.82) is 5.26 Å². The maximum Gasteiger partial charge on any atom is 0.0672 e. The largest absolute Gasteiger partial charge is 0.298 e. The molecule has 0 radical (unpaired) electrons. The number of hydrogen-bond acceptors (Lipinski definition) is 3. The molecule has 1 aromatic rings. The lowest BCUT2D eigenvalue weighted by molar-refractivity contribution is 0.183. The molecule has 18 heavy (non-hydrogen) atoms. The van der Waals surface area contributed by atoms with Crippen molar-refractivity contribution in [2.45, 2.75) is 44.7 Å². The topological polar surface area (TPSA) is 44.9 Å². The van der Waals surface area contributed by atoms with Gasteiger partial charge in [0.05, 0.1) is 18.2 Å². The summed E-state index contributed by atoms with van der Waals surface area (Å²) in [6, 6.07) is 2.90. The lowest BCUT2D eigenvalue weighted by Crippen LogP contribution is -2.36. The van der Waals surface area contributed by atoms with Gasteiger partial charge in [-0.3, -0.25) is 9.58 Å². The second-order valence-electron chi connectivity index (χ2n) is 5.38. The van der Waals surface area contributed by atoms with Crippen LogP contribution in [-0.4, -0.2) is 27.8 Å². The zero-order valence-corrected chi connectivity index (χ0v) is 11.3. The number of hydrogen-bond donors (Lipinski definition) is 0. The number of nitrogens with zero attached hydrogens (tertiary/aromatic N) is 4. The van der Waals surface area contributed by atoms with Crippen LogP contribution in [0.2, 0.25) is 0 Å². The van der Waals surface area contributed by atoms with Gasteiger partial charge in [-0.25, -0.2) is 0 Å². The standard InChI is InChI=1S/C14H22N4/c1-17(10-12-9-16-18(2)11-12)14-7-5-3-4-6-13(14)8-15/h9,11,13-14H,3-7,10H2,1-2H3. The summed E-state index contributed by atoms with van der Waals surface area (Å²) in [5, 5.41) is 13.5. The first-order chi connectivity index (χ1) is 8.70. The fourth-order valence-corrected chi connectivity index (χ4v) is 2.92. The van der Waals surface area contributed by atoms with Crippen molar-refractivity contribution in [3.8, 4) is 6.07 Å². The van der Waals surface area contributed by atoms with E-state index in [1.54, 1.807) is 0 Å². The van der Waals surface area contributed by atoms with E-state index in [0.717, 1.165) is 19.4 Å². The normalized spacial score (nSPS) is 24.8. The van der Waals surface area contributed by atoms with Gasteiger partial charge in [0.1, 0.15) is 0 Å². The molecule has 1 aromatic heterocycles. The Hall–Kier alpha value is -1.34. The minimum absolute atomic E-state index is 0.189. The summed E-state index contributed by atoms with van der Waals surface area (Å²) in [7, 11) is 4.07. The summed E-state index contributed by atoms with van der Waals surface area (Å²) in [5.74, 6) is 0.189. The molecule has 1 heterocycles. The van der Waals surface area contributed by atoms with E-state index in [9.17, 15) is 5.26 Å². The highest BCUT2D eigenvalue weighted by molar-refractivity contribution is 5.04. The van der Waals surface area contributed by atoms with Crippen molar-refractivity contribution >= 4 is 0 Å². The summed E-state index contributed by atoms with van der Waals surface area (Å²) >= 11 is 0. The van der Waals surface area contributed by atoms with E-state index in [1.165, 1.54) is 24.8 Å². The van der Waals surface area contributed by atoms with E-state index < -0.39 is 0 Å². The van der Waals surface area contributed by atoms with Gasteiger partial charge in [0.25, 0.3) is 0 Å². The predicted molar refractivity (Wildman–Crippen MR) is 70.7 cm³/mol. The van der Waals surface area contributed by atoms with Crippen LogP contribution in [0, 0.1) is 17.2 Å². The summed E-state index contributed by atoms with van der Waals surface area (Å²) in [6.07, 6.45) is 9.89. The fourth-order valence-electron chi connectivity index (χ4n) is 2.92. The lowest BCUT2D eigenvalue weighted by atomic mass is 9.95. The molecular formula is C14H22N4. The molecule has 2 rings (SSSR count). The van der Waals surface area contributed by atoms with Crippen molar-refractivity contribution in [3.63, 3.8) is 0 Å². The van der Waals surface area contributed by atoms with E-state index in [-0.39, 0.29) is 5.92 Å². The van der Waals surface area contributed by atoms with Crippen LogP contribution in [0.4, 0.5) is 0 Å².